The molecule has 0 aromatic heterocycles. The van der Waals surface area contributed by atoms with Crippen LogP contribution in [0.5, 0.6) is 5.75 Å². The molecule has 0 spiro atoms. The van der Waals surface area contributed by atoms with Gasteiger partial charge in [0.05, 0.1) is 19.3 Å². The van der Waals surface area contributed by atoms with Crippen molar-refractivity contribution in [3.63, 3.8) is 0 Å². The Labute approximate surface area is 171 Å². The summed E-state index contributed by atoms with van der Waals surface area (Å²) in [4.78, 5) is 13.6. The van der Waals surface area contributed by atoms with Crippen molar-refractivity contribution in [3.8, 4) is 5.75 Å². The number of unbranched alkanes of at least 4 members (excludes halogenated alkanes) is 1. The second-order valence-electron chi connectivity index (χ2n) is 7.34. The molecule has 3 rings (SSSR count). The number of hydrogen-bond acceptors (Lipinski definition) is 4. The molecule has 1 N–H and O–H groups in total. The molecule has 156 valence electrons. The highest BCUT2D eigenvalue weighted by Gasteiger charge is 2.32. The minimum absolute atomic E-state index is 0.184. The molecule has 1 aliphatic heterocycles. The summed E-state index contributed by atoms with van der Waals surface area (Å²) in [6.45, 7) is 3.36. The van der Waals surface area contributed by atoms with Gasteiger partial charge in [0, 0.05) is 12.5 Å². The van der Waals surface area contributed by atoms with Gasteiger partial charge < -0.3 is 19.5 Å². The van der Waals surface area contributed by atoms with Gasteiger partial charge in [-0.25, -0.2) is 9.18 Å². The Morgan fingerprint density at radius 3 is 2.72 bits per heavy atom. The zero-order valence-electron chi connectivity index (χ0n) is 16.7. The highest BCUT2D eigenvalue weighted by atomic mass is 19.1. The monoisotopic (exact) mass is 401 g/mol. The summed E-state index contributed by atoms with van der Waals surface area (Å²) < 4.78 is 25.3. The molecule has 1 heterocycles. The summed E-state index contributed by atoms with van der Waals surface area (Å²) >= 11 is 0. The average Bonchev–Trinajstić information content (AvgIpc) is 2.73. The van der Waals surface area contributed by atoms with E-state index in [1.807, 2.05) is 37.3 Å². The normalized spacial score (nSPS) is 19.1. The summed E-state index contributed by atoms with van der Waals surface area (Å²) in [5.41, 5.74) is 1.67. The average molecular weight is 401 g/mol. The molecule has 2 atom stereocenters. The fourth-order valence-corrected chi connectivity index (χ4v) is 3.48. The minimum Gasteiger partial charge on any atom is -0.486 e. The highest BCUT2D eigenvalue weighted by molar-refractivity contribution is 5.67. The van der Waals surface area contributed by atoms with Crippen molar-refractivity contribution < 1.29 is 23.8 Å². The number of carbonyl (C=O) groups excluding carboxylic acids is 1. The summed E-state index contributed by atoms with van der Waals surface area (Å²) in [6, 6.07) is 14.4. The van der Waals surface area contributed by atoms with E-state index >= 15 is 0 Å². The number of carbonyl (C=O) groups is 1. The summed E-state index contributed by atoms with van der Waals surface area (Å²) in [5.74, 6) is -0.497. The number of aliphatic hydroxyl groups excluding tert-OH is 1. The van der Waals surface area contributed by atoms with Crippen molar-refractivity contribution >= 4 is 6.09 Å². The molecule has 0 radical (unpaired) electrons. The van der Waals surface area contributed by atoms with Gasteiger partial charge in [0.15, 0.2) is 11.6 Å². The van der Waals surface area contributed by atoms with Gasteiger partial charge in [0.2, 0.25) is 0 Å². The predicted molar refractivity (Wildman–Crippen MR) is 108 cm³/mol. The van der Waals surface area contributed by atoms with Crippen molar-refractivity contribution in [1.29, 1.82) is 0 Å². The van der Waals surface area contributed by atoms with Gasteiger partial charge in [-0.3, -0.25) is 0 Å². The molecule has 1 amide bonds. The Morgan fingerprint density at radius 2 is 2.03 bits per heavy atom. The molecule has 0 saturated carbocycles. The first-order valence-corrected chi connectivity index (χ1v) is 10.1. The Hall–Kier alpha value is -2.60. The zero-order valence-corrected chi connectivity index (χ0v) is 16.7. The van der Waals surface area contributed by atoms with Crippen LogP contribution in [0.25, 0.3) is 0 Å². The first-order chi connectivity index (χ1) is 14.1. The van der Waals surface area contributed by atoms with Gasteiger partial charge in [-0.1, -0.05) is 49.7 Å². The second kappa shape index (κ2) is 10.3. The number of amides is 1. The maximum absolute atomic E-state index is 14.5. The van der Waals surface area contributed by atoms with E-state index in [1.165, 1.54) is 11.0 Å². The van der Waals surface area contributed by atoms with Gasteiger partial charge in [-0.05, 0) is 36.1 Å². The van der Waals surface area contributed by atoms with E-state index in [0.717, 1.165) is 18.4 Å². The lowest BCUT2D eigenvalue weighted by Crippen LogP contribution is -2.46. The maximum Gasteiger partial charge on any atom is 0.409 e. The van der Waals surface area contributed by atoms with Crippen LogP contribution in [0.1, 0.15) is 43.2 Å². The molecule has 0 bridgehead atoms. The maximum atomic E-state index is 14.5. The van der Waals surface area contributed by atoms with Crippen LogP contribution in [0.2, 0.25) is 0 Å². The smallest absolute Gasteiger partial charge is 0.409 e. The van der Waals surface area contributed by atoms with Gasteiger partial charge >= 0.3 is 6.09 Å². The van der Waals surface area contributed by atoms with Crippen LogP contribution in [0.4, 0.5) is 9.18 Å². The minimum atomic E-state index is -0.766. The van der Waals surface area contributed by atoms with E-state index in [4.69, 9.17) is 9.47 Å². The molecule has 5 nitrogen and oxygen atoms in total. The first-order valence-electron chi connectivity index (χ1n) is 10.1. The SMILES string of the molecule is CCCCOC(=O)N1CCC(c2ccc(OCc3ccccc3)c(F)c2)C(O)C1. The molecular formula is C23H28FNO4. The fourth-order valence-electron chi connectivity index (χ4n) is 3.48. The molecule has 1 aliphatic rings. The molecule has 2 unspecified atom stereocenters. The van der Waals surface area contributed by atoms with Crippen LogP contribution in [0, 0.1) is 5.82 Å². The van der Waals surface area contributed by atoms with E-state index in [1.54, 1.807) is 12.1 Å². The third-order valence-electron chi connectivity index (χ3n) is 5.18. The molecule has 6 heteroatoms. The number of piperidine rings is 1. The largest absolute Gasteiger partial charge is 0.486 e. The van der Waals surface area contributed by atoms with Crippen LogP contribution in [-0.2, 0) is 11.3 Å². The molecule has 1 saturated heterocycles. The van der Waals surface area contributed by atoms with Crippen molar-refractivity contribution in [2.24, 2.45) is 0 Å². The number of halogens is 1. The Bertz CT molecular complexity index is 799. The molecule has 0 aliphatic carbocycles. The Kier molecular flexibility index (Phi) is 7.47. The van der Waals surface area contributed by atoms with Crippen molar-refractivity contribution in [1.82, 2.24) is 4.90 Å². The number of hydrogen-bond donors (Lipinski definition) is 1. The topological polar surface area (TPSA) is 59.0 Å². The number of nitrogens with zero attached hydrogens (tertiary/aromatic N) is 1. The summed E-state index contributed by atoms with van der Waals surface area (Å²) in [6.07, 6.45) is 1.16. The lowest BCUT2D eigenvalue weighted by Gasteiger charge is -2.35. The van der Waals surface area contributed by atoms with Crippen LogP contribution in [0.3, 0.4) is 0 Å². The highest BCUT2D eigenvalue weighted by Crippen LogP contribution is 2.31. The van der Waals surface area contributed by atoms with Crippen molar-refractivity contribution in [2.75, 3.05) is 19.7 Å². The molecule has 2 aromatic carbocycles. The van der Waals surface area contributed by atoms with Crippen molar-refractivity contribution in [2.45, 2.75) is 44.8 Å². The molecular weight excluding hydrogens is 373 g/mol. The Morgan fingerprint density at radius 1 is 1.24 bits per heavy atom. The number of β-amino-alcohol motifs (C(OH)–C–C–N with tert-alkyl or cyclic N) is 1. The third-order valence-corrected chi connectivity index (χ3v) is 5.18. The van der Waals surface area contributed by atoms with Crippen LogP contribution < -0.4 is 4.74 Å². The predicted octanol–water partition coefficient (Wildman–Crippen LogP) is 4.49. The number of aliphatic hydroxyl groups is 1. The van der Waals surface area contributed by atoms with E-state index in [-0.39, 0.29) is 24.8 Å². The number of ether oxygens (including phenoxy) is 2. The number of benzene rings is 2. The summed E-state index contributed by atoms with van der Waals surface area (Å²) in [7, 11) is 0. The van der Waals surface area contributed by atoms with E-state index in [0.29, 0.717) is 25.1 Å². The van der Waals surface area contributed by atoms with E-state index < -0.39 is 18.0 Å². The van der Waals surface area contributed by atoms with Gasteiger partial charge in [-0.2, -0.15) is 0 Å². The van der Waals surface area contributed by atoms with Gasteiger partial charge in [0.25, 0.3) is 0 Å². The van der Waals surface area contributed by atoms with Crippen LogP contribution in [0.15, 0.2) is 48.5 Å². The van der Waals surface area contributed by atoms with Gasteiger partial charge in [-0.15, -0.1) is 0 Å². The quantitative estimate of drug-likeness (QED) is 0.695. The van der Waals surface area contributed by atoms with Crippen LogP contribution >= 0.6 is 0 Å². The zero-order chi connectivity index (χ0) is 20.6. The third kappa shape index (κ3) is 5.70. The second-order valence-corrected chi connectivity index (χ2v) is 7.34. The van der Waals surface area contributed by atoms with E-state index in [2.05, 4.69) is 0 Å². The van der Waals surface area contributed by atoms with Crippen LogP contribution in [-0.4, -0.2) is 41.9 Å². The van der Waals surface area contributed by atoms with Gasteiger partial charge in [0.1, 0.15) is 6.61 Å². The summed E-state index contributed by atoms with van der Waals surface area (Å²) in [5, 5.41) is 10.5. The molecule has 1 fully saturated rings. The molecule has 2 aromatic rings. The lowest BCUT2D eigenvalue weighted by atomic mass is 9.87. The fraction of sp³-hybridized carbons (Fsp3) is 0.435. The number of likely N-dealkylation sites (tertiary alicyclic amines) is 1. The first kappa shape index (κ1) is 21.1. The lowest BCUT2D eigenvalue weighted by molar-refractivity contribution is 0.0364. The standard InChI is InChI=1S/C23H28FNO4/c1-2-3-13-28-23(27)25-12-11-19(21(26)15-25)18-9-10-22(20(24)14-18)29-16-17-7-5-4-6-8-17/h4-10,14,19,21,26H,2-3,11-13,15-16H2,1H3. The van der Waals surface area contributed by atoms with E-state index in [9.17, 15) is 14.3 Å². The number of rotatable bonds is 7. The molecule has 29 heavy (non-hydrogen) atoms. The van der Waals surface area contributed by atoms with Crippen molar-refractivity contribution in [3.05, 3.63) is 65.5 Å². The Balaban J connectivity index is 1.57.